The van der Waals surface area contributed by atoms with E-state index < -0.39 is 0 Å². The van der Waals surface area contributed by atoms with Crippen molar-refractivity contribution in [2.75, 3.05) is 5.32 Å². The number of fused-ring (bicyclic) bond motifs is 1. The number of aliphatic hydroxyl groups excluding tert-OH is 1. The van der Waals surface area contributed by atoms with E-state index in [-0.39, 0.29) is 18.3 Å². The van der Waals surface area contributed by atoms with E-state index in [2.05, 4.69) is 5.32 Å². The summed E-state index contributed by atoms with van der Waals surface area (Å²) in [6.07, 6.45) is 0.654. The highest BCUT2D eigenvalue weighted by atomic mass is 16.3. The van der Waals surface area contributed by atoms with Crippen molar-refractivity contribution >= 4 is 22.5 Å². The number of benzene rings is 3. The molecule has 4 rings (SSSR count). The third-order valence-corrected chi connectivity index (χ3v) is 5.02. The maximum absolute atomic E-state index is 12.5. The van der Waals surface area contributed by atoms with Gasteiger partial charge in [0.05, 0.1) is 12.1 Å². The maximum atomic E-state index is 12.5. The highest BCUT2D eigenvalue weighted by molar-refractivity contribution is 6.04. The Morgan fingerprint density at radius 3 is 2.50 bits per heavy atom. The van der Waals surface area contributed by atoms with Gasteiger partial charge in [0, 0.05) is 22.3 Å². The number of para-hydroxylation sites is 1. The highest BCUT2D eigenvalue weighted by Gasteiger charge is 2.10. The van der Waals surface area contributed by atoms with Crippen LogP contribution in [0.1, 0.15) is 32.7 Å². The van der Waals surface area contributed by atoms with Gasteiger partial charge in [-0.1, -0.05) is 30.3 Å². The Hall–Kier alpha value is -3.70. The standard InChI is InChI=1S/C25H22N2O3/c1-16-12-20(15-28)23-7-3-5-19(24(23)26-16)13-17-4-2-6-21(14-17)27-25(30)18-8-10-22(29)11-9-18/h2-12,14,28-29H,13,15H2,1H3,(H,27,30). The van der Waals surface area contributed by atoms with Crippen LogP contribution < -0.4 is 5.32 Å². The summed E-state index contributed by atoms with van der Waals surface area (Å²) in [5.74, 6) is -0.112. The number of rotatable bonds is 5. The van der Waals surface area contributed by atoms with Crippen LogP contribution in [0.4, 0.5) is 5.69 Å². The summed E-state index contributed by atoms with van der Waals surface area (Å²) in [6.45, 7) is 1.90. The summed E-state index contributed by atoms with van der Waals surface area (Å²) in [4.78, 5) is 17.1. The number of phenolic OH excluding ortho intramolecular Hbond substituents is 1. The number of hydrogen-bond donors (Lipinski definition) is 3. The topological polar surface area (TPSA) is 82.5 Å². The minimum atomic E-state index is -0.234. The van der Waals surface area contributed by atoms with Crippen LogP contribution in [-0.2, 0) is 13.0 Å². The molecule has 0 saturated heterocycles. The number of carbonyl (C=O) groups is 1. The van der Waals surface area contributed by atoms with Gasteiger partial charge in [-0.2, -0.15) is 0 Å². The van der Waals surface area contributed by atoms with Crippen LogP contribution in [-0.4, -0.2) is 21.1 Å². The Labute approximate surface area is 174 Å². The predicted molar refractivity (Wildman–Crippen MR) is 118 cm³/mol. The molecule has 0 aliphatic heterocycles. The number of aryl methyl sites for hydroxylation is 1. The minimum Gasteiger partial charge on any atom is -0.508 e. The fraction of sp³-hybridized carbons (Fsp3) is 0.120. The first-order valence-corrected chi connectivity index (χ1v) is 9.72. The van der Waals surface area contributed by atoms with Gasteiger partial charge >= 0.3 is 0 Å². The summed E-state index contributed by atoms with van der Waals surface area (Å²) in [5, 5.41) is 22.9. The number of nitrogens with zero attached hydrogens (tertiary/aromatic N) is 1. The molecule has 1 aromatic heterocycles. The number of aliphatic hydroxyl groups is 1. The van der Waals surface area contributed by atoms with E-state index in [1.807, 2.05) is 55.5 Å². The Morgan fingerprint density at radius 2 is 1.73 bits per heavy atom. The molecule has 0 saturated carbocycles. The monoisotopic (exact) mass is 398 g/mol. The lowest BCUT2D eigenvalue weighted by molar-refractivity contribution is 0.102. The lowest BCUT2D eigenvalue weighted by Crippen LogP contribution is -2.11. The van der Waals surface area contributed by atoms with E-state index in [1.165, 1.54) is 12.1 Å². The molecule has 0 spiro atoms. The number of phenols is 1. The molecule has 0 atom stereocenters. The van der Waals surface area contributed by atoms with Gasteiger partial charge in [-0.05, 0) is 72.5 Å². The number of anilines is 1. The second-order valence-corrected chi connectivity index (χ2v) is 7.27. The fourth-order valence-corrected chi connectivity index (χ4v) is 3.59. The molecule has 0 fully saturated rings. The third kappa shape index (κ3) is 4.16. The van der Waals surface area contributed by atoms with Crippen molar-refractivity contribution in [1.29, 1.82) is 0 Å². The molecule has 30 heavy (non-hydrogen) atoms. The van der Waals surface area contributed by atoms with E-state index in [0.717, 1.165) is 33.3 Å². The molecule has 0 radical (unpaired) electrons. The van der Waals surface area contributed by atoms with Gasteiger partial charge in [0.2, 0.25) is 0 Å². The number of hydrogen-bond acceptors (Lipinski definition) is 4. The van der Waals surface area contributed by atoms with Crippen molar-refractivity contribution in [3.05, 3.63) is 101 Å². The van der Waals surface area contributed by atoms with Crippen molar-refractivity contribution < 1.29 is 15.0 Å². The quantitative estimate of drug-likeness (QED) is 0.459. The number of carbonyl (C=O) groups excluding carboxylic acids is 1. The molecular weight excluding hydrogens is 376 g/mol. The molecule has 0 bridgehead atoms. The first kappa shape index (κ1) is 19.6. The van der Waals surface area contributed by atoms with Crippen LogP contribution in [0.5, 0.6) is 5.75 Å². The van der Waals surface area contributed by atoms with Gasteiger partial charge in [-0.25, -0.2) is 0 Å². The first-order valence-electron chi connectivity index (χ1n) is 9.72. The average Bonchev–Trinajstić information content (AvgIpc) is 2.74. The smallest absolute Gasteiger partial charge is 0.255 e. The van der Waals surface area contributed by atoms with Crippen LogP contribution in [0, 0.1) is 6.92 Å². The van der Waals surface area contributed by atoms with Crippen LogP contribution in [0.25, 0.3) is 10.9 Å². The van der Waals surface area contributed by atoms with Crippen LogP contribution in [0.2, 0.25) is 0 Å². The number of pyridine rings is 1. The second-order valence-electron chi connectivity index (χ2n) is 7.27. The van der Waals surface area contributed by atoms with Crippen molar-refractivity contribution in [3.63, 3.8) is 0 Å². The molecule has 4 aromatic rings. The summed E-state index contributed by atoms with van der Waals surface area (Å²) in [5.41, 5.74) is 5.91. The number of aromatic nitrogens is 1. The fourth-order valence-electron chi connectivity index (χ4n) is 3.59. The van der Waals surface area contributed by atoms with Gasteiger partial charge in [0.25, 0.3) is 5.91 Å². The van der Waals surface area contributed by atoms with Gasteiger partial charge < -0.3 is 15.5 Å². The normalized spacial score (nSPS) is 10.9. The zero-order valence-corrected chi connectivity index (χ0v) is 16.6. The van der Waals surface area contributed by atoms with E-state index in [9.17, 15) is 15.0 Å². The number of amides is 1. The zero-order valence-electron chi connectivity index (χ0n) is 16.6. The molecule has 0 unspecified atom stereocenters. The summed E-state index contributed by atoms with van der Waals surface area (Å²) in [6, 6.07) is 21.7. The molecule has 5 nitrogen and oxygen atoms in total. The van der Waals surface area contributed by atoms with Crippen molar-refractivity contribution in [2.24, 2.45) is 0 Å². The van der Waals surface area contributed by atoms with Gasteiger partial charge in [-0.15, -0.1) is 0 Å². The first-order chi connectivity index (χ1) is 14.5. The Bertz CT molecular complexity index is 1220. The molecule has 0 aliphatic carbocycles. The van der Waals surface area contributed by atoms with Crippen molar-refractivity contribution in [3.8, 4) is 5.75 Å². The lowest BCUT2D eigenvalue weighted by Gasteiger charge is -2.11. The Kier molecular flexibility index (Phi) is 5.46. The minimum absolute atomic E-state index is 0.0257. The highest BCUT2D eigenvalue weighted by Crippen LogP contribution is 2.25. The van der Waals surface area contributed by atoms with E-state index in [4.69, 9.17) is 4.98 Å². The number of aromatic hydroxyl groups is 1. The molecule has 1 amide bonds. The van der Waals surface area contributed by atoms with Crippen LogP contribution >= 0.6 is 0 Å². The van der Waals surface area contributed by atoms with Crippen molar-refractivity contribution in [1.82, 2.24) is 4.98 Å². The molecule has 3 aromatic carbocycles. The maximum Gasteiger partial charge on any atom is 0.255 e. The Morgan fingerprint density at radius 1 is 0.967 bits per heavy atom. The largest absolute Gasteiger partial charge is 0.508 e. The molecule has 5 heteroatoms. The number of nitrogens with one attached hydrogen (secondary N) is 1. The molecule has 3 N–H and O–H groups in total. The van der Waals surface area contributed by atoms with E-state index >= 15 is 0 Å². The van der Waals surface area contributed by atoms with Gasteiger partial charge in [0.1, 0.15) is 5.75 Å². The summed E-state index contributed by atoms with van der Waals surface area (Å²) >= 11 is 0. The Balaban J connectivity index is 1.60. The van der Waals surface area contributed by atoms with Crippen molar-refractivity contribution in [2.45, 2.75) is 20.0 Å². The molecular formula is C25H22N2O3. The average molecular weight is 398 g/mol. The predicted octanol–water partition coefficient (Wildman–Crippen LogP) is 4.58. The summed E-state index contributed by atoms with van der Waals surface area (Å²) < 4.78 is 0. The second kappa shape index (κ2) is 8.35. The van der Waals surface area contributed by atoms with Gasteiger partial charge in [-0.3, -0.25) is 9.78 Å². The van der Waals surface area contributed by atoms with Crippen LogP contribution in [0.15, 0.2) is 72.8 Å². The third-order valence-electron chi connectivity index (χ3n) is 5.02. The van der Waals surface area contributed by atoms with Gasteiger partial charge in [0.15, 0.2) is 0 Å². The van der Waals surface area contributed by atoms with Crippen LogP contribution in [0.3, 0.4) is 0 Å². The zero-order chi connectivity index (χ0) is 21.1. The van der Waals surface area contributed by atoms with E-state index in [0.29, 0.717) is 17.7 Å². The van der Waals surface area contributed by atoms with E-state index in [1.54, 1.807) is 12.1 Å². The SMILES string of the molecule is Cc1cc(CO)c2cccc(Cc3cccc(NC(=O)c4ccc(O)cc4)c3)c2n1. The summed E-state index contributed by atoms with van der Waals surface area (Å²) in [7, 11) is 0. The molecule has 150 valence electrons. The molecule has 1 heterocycles. The lowest BCUT2D eigenvalue weighted by atomic mass is 9.99. The molecule has 0 aliphatic rings.